The van der Waals surface area contributed by atoms with Crippen LogP contribution in [0.2, 0.25) is 0 Å². The largest absolute Gasteiger partial charge is 0.369 e. The van der Waals surface area contributed by atoms with Crippen LogP contribution in [0.5, 0.6) is 0 Å². The van der Waals surface area contributed by atoms with Gasteiger partial charge in [-0.15, -0.1) is 0 Å². The number of likely N-dealkylation sites (tertiary alicyclic amines) is 1. The van der Waals surface area contributed by atoms with Gasteiger partial charge in [-0.05, 0) is 18.8 Å². The Morgan fingerprint density at radius 3 is 2.53 bits per heavy atom. The van der Waals surface area contributed by atoms with Gasteiger partial charge in [-0.25, -0.2) is 8.42 Å². The minimum Gasteiger partial charge on any atom is -0.369 e. The van der Waals surface area contributed by atoms with E-state index in [-0.39, 0.29) is 24.1 Å². The predicted octanol–water partition coefficient (Wildman–Crippen LogP) is -0.219. The number of primary amides is 1. The van der Waals surface area contributed by atoms with Crippen molar-refractivity contribution in [2.45, 2.75) is 26.7 Å². The maximum atomic E-state index is 12.0. The van der Waals surface area contributed by atoms with Gasteiger partial charge in [0, 0.05) is 13.1 Å². The molecule has 6 nitrogen and oxygen atoms in total. The van der Waals surface area contributed by atoms with Gasteiger partial charge in [0.25, 0.3) is 0 Å². The predicted molar refractivity (Wildman–Crippen MR) is 72.0 cm³/mol. The molecule has 0 aromatic rings. The third-order valence-electron chi connectivity index (χ3n) is 3.11. The third-order valence-corrected chi connectivity index (χ3v) is 4.97. The third kappa shape index (κ3) is 5.18. The molecule has 0 aliphatic carbocycles. The second-order valence-electron chi connectivity index (χ2n) is 5.53. The van der Waals surface area contributed by atoms with Gasteiger partial charge in [0.2, 0.25) is 11.8 Å². The highest BCUT2D eigenvalue weighted by atomic mass is 32.2. The number of carbonyl (C=O) groups is 2. The van der Waals surface area contributed by atoms with E-state index in [1.165, 1.54) is 4.90 Å². The Kier molecular flexibility index (Phi) is 5.34. The second kappa shape index (κ2) is 6.36. The van der Waals surface area contributed by atoms with Crippen LogP contribution in [0.3, 0.4) is 0 Å². The highest BCUT2D eigenvalue weighted by molar-refractivity contribution is 7.92. The molecule has 0 radical (unpaired) electrons. The van der Waals surface area contributed by atoms with Gasteiger partial charge in [-0.3, -0.25) is 9.59 Å². The average Bonchev–Trinajstić information content (AvgIpc) is 2.26. The van der Waals surface area contributed by atoms with Crippen LogP contribution in [-0.2, 0) is 19.4 Å². The number of nitrogens with two attached hydrogens (primary N) is 1. The molecule has 0 spiro atoms. The first-order valence-corrected chi connectivity index (χ1v) is 8.31. The first-order valence-electron chi connectivity index (χ1n) is 6.49. The number of rotatable bonds is 5. The van der Waals surface area contributed by atoms with Gasteiger partial charge in [0.15, 0.2) is 9.84 Å². The molecule has 7 heteroatoms. The molecular formula is C12H22N2O4S. The summed E-state index contributed by atoms with van der Waals surface area (Å²) in [6.45, 7) is 4.34. The topological polar surface area (TPSA) is 97.5 Å². The van der Waals surface area contributed by atoms with Crippen molar-refractivity contribution in [2.75, 3.05) is 24.6 Å². The lowest BCUT2D eigenvalue weighted by atomic mass is 9.97. The summed E-state index contributed by atoms with van der Waals surface area (Å²) < 4.78 is 23.5. The van der Waals surface area contributed by atoms with Crippen LogP contribution in [0.15, 0.2) is 0 Å². The van der Waals surface area contributed by atoms with Crippen LogP contribution in [0.1, 0.15) is 26.7 Å². The van der Waals surface area contributed by atoms with Crippen molar-refractivity contribution in [3.05, 3.63) is 0 Å². The summed E-state index contributed by atoms with van der Waals surface area (Å²) in [6.07, 6.45) is 1.35. The van der Waals surface area contributed by atoms with Crippen LogP contribution in [0.25, 0.3) is 0 Å². The molecule has 0 aromatic heterocycles. The summed E-state index contributed by atoms with van der Waals surface area (Å²) in [7, 11) is -3.37. The minimum absolute atomic E-state index is 0.00229. The Morgan fingerprint density at radius 1 is 1.37 bits per heavy atom. The van der Waals surface area contributed by atoms with Crippen molar-refractivity contribution in [3.63, 3.8) is 0 Å². The number of amides is 2. The van der Waals surface area contributed by atoms with Crippen molar-refractivity contribution in [3.8, 4) is 0 Å². The summed E-state index contributed by atoms with van der Waals surface area (Å²) in [5.41, 5.74) is 5.23. The van der Waals surface area contributed by atoms with Gasteiger partial charge in [-0.1, -0.05) is 13.8 Å². The van der Waals surface area contributed by atoms with Crippen molar-refractivity contribution in [1.29, 1.82) is 0 Å². The maximum Gasteiger partial charge on any atom is 0.237 e. The van der Waals surface area contributed by atoms with E-state index in [2.05, 4.69) is 0 Å². The molecule has 1 aliphatic heterocycles. The number of nitrogens with zero attached hydrogens (tertiary/aromatic N) is 1. The van der Waals surface area contributed by atoms with Crippen LogP contribution in [0.4, 0.5) is 0 Å². The summed E-state index contributed by atoms with van der Waals surface area (Å²) in [6, 6.07) is 0. The number of piperidine rings is 1. The lowest BCUT2D eigenvalue weighted by molar-refractivity contribution is -0.132. The number of carbonyl (C=O) groups excluding carboxylic acids is 2. The van der Waals surface area contributed by atoms with E-state index in [1.807, 2.05) is 0 Å². The van der Waals surface area contributed by atoms with Crippen LogP contribution in [0, 0.1) is 11.8 Å². The zero-order valence-corrected chi connectivity index (χ0v) is 12.3. The highest BCUT2D eigenvalue weighted by Gasteiger charge is 2.29. The van der Waals surface area contributed by atoms with E-state index in [0.29, 0.717) is 19.4 Å². The average molecular weight is 290 g/mol. The van der Waals surface area contributed by atoms with E-state index >= 15 is 0 Å². The van der Waals surface area contributed by atoms with Crippen molar-refractivity contribution in [2.24, 2.45) is 17.6 Å². The monoisotopic (exact) mass is 290 g/mol. The lowest BCUT2D eigenvalue weighted by Gasteiger charge is -2.31. The van der Waals surface area contributed by atoms with Gasteiger partial charge < -0.3 is 10.6 Å². The van der Waals surface area contributed by atoms with Gasteiger partial charge in [0.1, 0.15) is 5.75 Å². The van der Waals surface area contributed by atoms with E-state index in [4.69, 9.17) is 5.73 Å². The Balaban J connectivity index is 2.61. The molecule has 0 saturated carbocycles. The number of hydrogen-bond acceptors (Lipinski definition) is 4. The lowest BCUT2D eigenvalue weighted by Crippen LogP contribution is -2.46. The second-order valence-corrected chi connectivity index (χ2v) is 7.64. The quantitative estimate of drug-likeness (QED) is 0.757. The molecule has 19 heavy (non-hydrogen) atoms. The van der Waals surface area contributed by atoms with E-state index in [0.717, 1.165) is 0 Å². The molecule has 1 aliphatic rings. The SMILES string of the molecule is CC(C)CS(=O)(=O)CC(=O)N1CCC[C@@H](C(N)=O)C1. The maximum absolute atomic E-state index is 12.0. The fourth-order valence-electron chi connectivity index (χ4n) is 2.28. The van der Waals surface area contributed by atoms with Crippen molar-refractivity contribution >= 4 is 21.7 Å². The molecule has 2 N–H and O–H groups in total. The Morgan fingerprint density at radius 2 is 2.00 bits per heavy atom. The van der Waals surface area contributed by atoms with E-state index in [1.54, 1.807) is 13.8 Å². The Bertz CT molecular complexity index is 445. The molecule has 110 valence electrons. The molecule has 0 bridgehead atoms. The summed E-state index contributed by atoms with van der Waals surface area (Å²) in [5.74, 6) is -1.68. The van der Waals surface area contributed by atoms with E-state index in [9.17, 15) is 18.0 Å². The standard InChI is InChI=1S/C12H22N2O4S/c1-9(2)7-19(17,18)8-11(15)14-5-3-4-10(6-14)12(13)16/h9-10H,3-8H2,1-2H3,(H2,13,16)/t10-/m1/s1. The Hall–Kier alpha value is -1.11. The van der Waals surface area contributed by atoms with E-state index < -0.39 is 27.4 Å². The smallest absolute Gasteiger partial charge is 0.237 e. The van der Waals surface area contributed by atoms with Gasteiger partial charge in [0.05, 0.1) is 11.7 Å². The minimum atomic E-state index is -3.37. The van der Waals surface area contributed by atoms with Crippen LogP contribution < -0.4 is 5.73 Å². The van der Waals surface area contributed by atoms with Crippen molar-refractivity contribution in [1.82, 2.24) is 4.90 Å². The Labute approximate surface area is 114 Å². The normalized spacial score (nSPS) is 20.6. The zero-order valence-electron chi connectivity index (χ0n) is 11.5. The molecule has 1 fully saturated rings. The molecule has 0 aromatic carbocycles. The molecular weight excluding hydrogens is 268 g/mol. The summed E-state index contributed by atoms with van der Waals surface area (Å²) >= 11 is 0. The first-order chi connectivity index (χ1) is 8.71. The summed E-state index contributed by atoms with van der Waals surface area (Å²) in [5, 5.41) is 0. The molecule has 1 heterocycles. The van der Waals surface area contributed by atoms with Crippen molar-refractivity contribution < 1.29 is 18.0 Å². The van der Waals surface area contributed by atoms with Crippen LogP contribution in [-0.4, -0.2) is 49.7 Å². The molecule has 1 atom stereocenters. The highest BCUT2D eigenvalue weighted by Crippen LogP contribution is 2.16. The number of sulfone groups is 1. The fraction of sp³-hybridized carbons (Fsp3) is 0.833. The summed E-state index contributed by atoms with van der Waals surface area (Å²) in [4.78, 5) is 24.5. The first kappa shape index (κ1) is 15.9. The van der Waals surface area contributed by atoms with Crippen LogP contribution >= 0.6 is 0 Å². The van der Waals surface area contributed by atoms with Gasteiger partial charge >= 0.3 is 0 Å². The van der Waals surface area contributed by atoms with Gasteiger partial charge in [-0.2, -0.15) is 0 Å². The molecule has 0 unspecified atom stereocenters. The number of hydrogen-bond donors (Lipinski definition) is 1. The fourth-order valence-corrected chi connectivity index (χ4v) is 3.97. The zero-order chi connectivity index (χ0) is 14.6. The molecule has 2 amide bonds. The molecule has 1 rings (SSSR count). The molecule has 1 saturated heterocycles.